The Hall–Kier alpha value is -2.26. The van der Waals surface area contributed by atoms with Crippen molar-refractivity contribution >= 4 is 27.4 Å². The van der Waals surface area contributed by atoms with Crippen LogP contribution in [0.5, 0.6) is 0 Å². The van der Waals surface area contributed by atoms with Gasteiger partial charge in [0.05, 0.1) is 21.5 Å². The monoisotopic (exact) mass is 393 g/mol. The molecule has 5 nitrogen and oxygen atoms in total. The zero-order chi connectivity index (χ0) is 19.0. The van der Waals surface area contributed by atoms with Gasteiger partial charge in [-0.25, -0.2) is 9.97 Å². The highest BCUT2D eigenvalue weighted by molar-refractivity contribution is 7.18. The molecule has 4 rings (SSSR count). The van der Waals surface area contributed by atoms with Crippen LogP contribution < -0.4 is 4.90 Å². The molecule has 27 heavy (non-hydrogen) atoms. The summed E-state index contributed by atoms with van der Waals surface area (Å²) in [4.78, 5) is 17.2. The number of hydrogen-bond donors (Lipinski definition) is 0. The molecule has 0 unspecified atom stereocenters. The summed E-state index contributed by atoms with van der Waals surface area (Å²) >= 11 is 1.66. The summed E-state index contributed by atoms with van der Waals surface area (Å²) in [5.74, 6) is 0.963. The van der Waals surface area contributed by atoms with Gasteiger partial charge in [-0.1, -0.05) is 0 Å². The van der Waals surface area contributed by atoms with Crippen LogP contribution in [-0.2, 0) is 12.7 Å². The van der Waals surface area contributed by atoms with Crippen LogP contribution in [0.2, 0.25) is 0 Å². The number of aromatic nitrogens is 3. The largest absolute Gasteiger partial charge is 0.417 e. The van der Waals surface area contributed by atoms with E-state index >= 15 is 0 Å². The predicted octanol–water partition coefficient (Wildman–Crippen LogP) is 3.74. The van der Waals surface area contributed by atoms with Crippen LogP contribution in [0.15, 0.2) is 30.0 Å². The Balaban J connectivity index is 1.40. The first-order valence-corrected chi connectivity index (χ1v) is 9.48. The molecule has 0 saturated carbocycles. The van der Waals surface area contributed by atoms with Gasteiger partial charge < -0.3 is 4.90 Å². The molecule has 9 heteroatoms. The van der Waals surface area contributed by atoms with Crippen LogP contribution in [0.25, 0.3) is 10.2 Å². The Bertz CT molecular complexity index is 930. The first-order valence-electron chi connectivity index (χ1n) is 8.60. The van der Waals surface area contributed by atoms with E-state index < -0.39 is 11.7 Å². The number of nitrogens with zero attached hydrogens (tertiary/aromatic N) is 5. The van der Waals surface area contributed by atoms with Crippen LogP contribution in [0.1, 0.15) is 16.8 Å². The Labute approximate surface area is 158 Å². The van der Waals surface area contributed by atoms with Crippen molar-refractivity contribution in [3.8, 4) is 0 Å². The van der Waals surface area contributed by atoms with Gasteiger partial charge in [-0.05, 0) is 30.0 Å². The number of alkyl halides is 3. The summed E-state index contributed by atoms with van der Waals surface area (Å²) in [5, 5.41) is 2.09. The van der Waals surface area contributed by atoms with Crippen molar-refractivity contribution in [3.05, 3.63) is 46.9 Å². The van der Waals surface area contributed by atoms with E-state index in [0.717, 1.165) is 60.0 Å². The highest BCUT2D eigenvalue weighted by atomic mass is 32.1. The number of hydrogen-bond acceptors (Lipinski definition) is 6. The predicted molar refractivity (Wildman–Crippen MR) is 98.9 cm³/mol. The van der Waals surface area contributed by atoms with Crippen molar-refractivity contribution in [1.29, 1.82) is 0 Å². The van der Waals surface area contributed by atoms with Gasteiger partial charge in [-0.3, -0.25) is 9.88 Å². The van der Waals surface area contributed by atoms with Crippen molar-refractivity contribution < 1.29 is 13.2 Å². The van der Waals surface area contributed by atoms with Crippen molar-refractivity contribution in [3.63, 3.8) is 0 Å². The highest BCUT2D eigenvalue weighted by Crippen LogP contribution is 2.31. The average Bonchev–Trinajstić information content (AvgIpc) is 3.04. The Morgan fingerprint density at radius 2 is 1.85 bits per heavy atom. The lowest BCUT2D eigenvalue weighted by atomic mass is 10.2. The maximum absolute atomic E-state index is 12.6. The molecule has 1 fully saturated rings. The SMILES string of the molecule is Cc1csc2c(N3CCN(Cc4ccc(C(F)(F)F)cn4)CC3)ncnc12. The number of aryl methyl sites for hydroxylation is 1. The molecule has 0 atom stereocenters. The normalized spacial score (nSPS) is 16.2. The minimum Gasteiger partial charge on any atom is -0.353 e. The zero-order valence-corrected chi connectivity index (χ0v) is 15.5. The fourth-order valence-electron chi connectivity index (χ4n) is 3.21. The summed E-state index contributed by atoms with van der Waals surface area (Å²) in [5.41, 5.74) is 2.09. The molecule has 1 aliphatic heterocycles. The summed E-state index contributed by atoms with van der Waals surface area (Å²) in [7, 11) is 0. The minimum atomic E-state index is -4.35. The number of anilines is 1. The molecule has 0 radical (unpaired) electrons. The van der Waals surface area contributed by atoms with Crippen LogP contribution in [0.4, 0.5) is 19.0 Å². The van der Waals surface area contributed by atoms with Gasteiger partial charge in [0.25, 0.3) is 0 Å². The maximum Gasteiger partial charge on any atom is 0.417 e. The second-order valence-corrected chi connectivity index (χ2v) is 7.47. The number of pyridine rings is 1. The van der Waals surface area contributed by atoms with E-state index in [-0.39, 0.29) is 0 Å². The Kier molecular flexibility index (Phi) is 4.73. The van der Waals surface area contributed by atoms with E-state index in [9.17, 15) is 13.2 Å². The molecule has 0 aromatic carbocycles. The highest BCUT2D eigenvalue weighted by Gasteiger charge is 2.30. The molecule has 1 aliphatic rings. The number of rotatable bonds is 3. The van der Waals surface area contributed by atoms with E-state index in [1.807, 2.05) is 6.92 Å². The van der Waals surface area contributed by atoms with Crippen molar-refractivity contribution in [2.75, 3.05) is 31.1 Å². The van der Waals surface area contributed by atoms with Gasteiger partial charge in [-0.15, -0.1) is 11.3 Å². The van der Waals surface area contributed by atoms with Gasteiger partial charge in [0.1, 0.15) is 12.1 Å². The lowest BCUT2D eigenvalue weighted by Gasteiger charge is -2.35. The summed E-state index contributed by atoms with van der Waals surface area (Å²) in [6.07, 6.45) is -1.83. The lowest BCUT2D eigenvalue weighted by molar-refractivity contribution is -0.137. The smallest absolute Gasteiger partial charge is 0.353 e. The van der Waals surface area contributed by atoms with E-state index in [1.54, 1.807) is 17.7 Å². The van der Waals surface area contributed by atoms with Gasteiger partial charge >= 0.3 is 6.18 Å². The van der Waals surface area contributed by atoms with Crippen LogP contribution in [0, 0.1) is 6.92 Å². The molecule has 0 bridgehead atoms. The molecule has 0 spiro atoms. The zero-order valence-electron chi connectivity index (χ0n) is 14.7. The molecule has 0 N–H and O–H groups in total. The average molecular weight is 393 g/mol. The third-order valence-electron chi connectivity index (χ3n) is 4.72. The number of fused-ring (bicyclic) bond motifs is 1. The van der Waals surface area contributed by atoms with E-state index in [0.29, 0.717) is 12.2 Å². The molecule has 0 aliphatic carbocycles. The maximum atomic E-state index is 12.6. The first kappa shape index (κ1) is 18.1. The molecule has 4 heterocycles. The van der Waals surface area contributed by atoms with Gasteiger partial charge in [0, 0.05) is 38.9 Å². The summed E-state index contributed by atoms with van der Waals surface area (Å²) in [6.45, 7) is 5.82. The van der Waals surface area contributed by atoms with Crippen molar-refractivity contribution in [1.82, 2.24) is 19.9 Å². The number of piperazine rings is 1. The molecular weight excluding hydrogens is 375 g/mol. The third kappa shape index (κ3) is 3.74. The number of halogens is 3. The minimum absolute atomic E-state index is 0.545. The second kappa shape index (κ2) is 7.05. The van der Waals surface area contributed by atoms with Crippen molar-refractivity contribution in [2.24, 2.45) is 0 Å². The molecular formula is C18H18F3N5S. The van der Waals surface area contributed by atoms with Crippen molar-refractivity contribution in [2.45, 2.75) is 19.6 Å². The van der Waals surface area contributed by atoms with E-state index in [2.05, 4.69) is 30.1 Å². The quantitative estimate of drug-likeness (QED) is 0.678. The lowest BCUT2D eigenvalue weighted by Crippen LogP contribution is -2.46. The summed E-state index contributed by atoms with van der Waals surface area (Å²) in [6, 6.07) is 2.55. The molecule has 142 valence electrons. The van der Waals surface area contributed by atoms with Crippen LogP contribution >= 0.6 is 11.3 Å². The third-order valence-corrected chi connectivity index (χ3v) is 5.80. The molecule has 1 saturated heterocycles. The number of thiophene rings is 1. The van der Waals surface area contributed by atoms with Gasteiger partial charge in [0.2, 0.25) is 0 Å². The fourth-order valence-corrected chi connectivity index (χ4v) is 4.23. The van der Waals surface area contributed by atoms with Crippen LogP contribution in [0.3, 0.4) is 0 Å². The van der Waals surface area contributed by atoms with E-state index in [4.69, 9.17) is 0 Å². The fraction of sp³-hybridized carbons (Fsp3) is 0.389. The Morgan fingerprint density at radius 1 is 1.07 bits per heavy atom. The van der Waals surface area contributed by atoms with Crippen LogP contribution in [-0.4, -0.2) is 46.0 Å². The Morgan fingerprint density at radius 3 is 2.52 bits per heavy atom. The van der Waals surface area contributed by atoms with Gasteiger partial charge in [0.15, 0.2) is 0 Å². The summed E-state index contributed by atoms with van der Waals surface area (Å²) < 4.78 is 39.0. The molecule has 3 aromatic heterocycles. The first-order chi connectivity index (χ1) is 12.9. The topological polar surface area (TPSA) is 45.2 Å². The second-order valence-electron chi connectivity index (χ2n) is 6.59. The molecule has 0 amide bonds. The van der Waals surface area contributed by atoms with E-state index in [1.165, 1.54) is 6.07 Å². The molecule has 3 aromatic rings. The van der Waals surface area contributed by atoms with Gasteiger partial charge in [-0.2, -0.15) is 13.2 Å². The standard InChI is InChI=1S/C18H18F3N5S/c1-12-10-27-16-15(12)23-11-24-17(16)26-6-4-25(5-7-26)9-14-3-2-13(8-22-14)18(19,20)21/h2-3,8,10-11H,4-7,9H2,1H3.